The highest BCUT2D eigenvalue weighted by Gasteiger charge is 2.34. The monoisotopic (exact) mass is 375 g/mol. The van der Waals surface area contributed by atoms with E-state index < -0.39 is 16.1 Å². The van der Waals surface area contributed by atoms with Crippen LogP contribution in [-0.4, -0.2) is 57.9 Å². The maximum Gasteiger partial charge on any atom is 0.319 e. The number of hydrogen-bond acceptors (Lipinski definition) is 4. The summed E-state index contributed by atoms with van der Waals surface area (Å²) in [5, 5.41) is 6.03. The first kappa shape index (κ1) is 19.0. The topological polar surface area (TPSA) is 87.7 Å². The summed E-state index contributed by atoms with van der Waals surface area (Å²) in [6.45, 7) is 2.46. The maximum absolute atomic E-state index is 12.1. The highest BCUT2D eigenvalue weighted by molar-refractivity contribution is 7.89. The molecule has 1 aliphatic heterocycles. The van der Waals surface area contributed by atoms with Crippen molar-refractivity contribution in [2.45, 2.75) is 13.0 Å². The smallest absolute Gasteiger partial charge is 0.319 e. The van der Waals surface area contributed by atoms with Gasteiger partial charge < -0.3 is 15.4 Å². The van der Waals surface area contributed by atoms with Crippen LogP contribution >= 0.6 is 11.6 Å². The van der Waals surface area contributed by atoms with Crippen molar-refractivity contribution in [2.75, 3.05) is 38.4 Å². The summed E-state index contributed by atoms with van der Waals surface area (Å²) in [6, 6.07) is 4.44. The molecule has 1 fully saturated rings. The molecule has 0 aliphatic carbocycles. The molecule has 1 aromatic carbocycles. The number of halogens is 1. The number of anilines is 1. The lowest BCUT2D eigenvalue weighted by molar-refractivity contribution is 0.184. The van der Waals surface area contributed by atoms with E-state index in [-0.39, 0.29) is 24.3 Å². The van der Waals surface area contributed by atoms with Gasteiger partial charge in [0.1, 0.15) is 0 Å². The second-order valence-corrected chi connectivity index (χ2v) is 8.66. The number of carbonyl (C=O) groups excluding carboxylic acids is 1. The van der Waals surface area contributed by atoms with Crippen LogP contribution in [0.1, 0.15) is 5.56 Å². The van der Waals surface area contributed by atoms with Crippen molar-refractivity contribution < 1.29 is 17.9 Å². The average molecular weight is 376 g/mol. The van der Waals surface area contributed by atoms with Gasteiger partial charge in [0.25, 0.3) is 0 Å². The molecular formula is C15H22ClN3O4S. The molecule has 0 unspecified atom stereocenters. The number of carbonyl (C=O) groups is 1. The van der Waals surface area contributed by atoms with E-state index in [0.717, 1.165) is 5.56 Å². The second-order valence-electron chi connectivity index (χ2n) is 6.03. The Balaban J connectivity index is 1.96. The number of aryl methyl sites for hydroxylation is 1. The number of ether oxygens (including phenoxy) is 1. The lowest BCUT2D eigenvalue weighted by Gasteiger charge is -2.21. The van der Waals surface area contributed by atoms with Crippen LogP contribution in [0.5, 0.6) is 0 Å². The van der Waals surface area contributed by atoms with Crippen molar-refractivity contribution in [1.29, 1.82) is 0 Å². The van der Waals surface area contributed by atoms with Crippen molar-refractivity contribution in [1.82, 2.24) is 9.62 Å². The summed E-state index contributed by atoms with van der Waals surface area (Å²) in [5.41, 5.74) is 1.49. The molecule has 1 aliphatic rings. The molecule has 1 aromatic rings. The van der Waals surface area contributed by atoms with Crippen molar-refractivity contribution in [3.8, 4) is 0 Å². The van der Waals surface area contributed by atoms with Crippen molar-refractivity contribution >= 4 is 33.3 Å². The van der Waals surface area contributed by atoms with E-state index in [1.54, 1.807) is 12.1 Å². The van der Waals surface area contributed by atoms with E-state index in [1.165, 1.54) is 18.4 Å². The first-order valence-corrected chi connectivity index (χ1v) is 9.49. The van der Waals surface area contributed by atoms with Crippen LogP contribution in [0.4, 0.5) is 10.5 Å². The predicted octanol–water partition coefficient (Wildman–Crippen LogP) is 1.68. The van der Waals surface area contributed by atoms with Gasteiger partial charge in [0.2, 0.25) is 10.0 Å². The molecule has 0 aromatic heterocycles. The molecule has 2 atom stereocenters. The lowest BCUT2D eigenvalue weighted by Crippen LogP contribution is -2.45. The molecule has 0 radical (unpaired) electrons. The summed E-state index contributed by atoms with van der Waals surface area (Å²) in [4.78, 5) is 12.1. The number of benzene rings is 1. The van der Waals surface area contributed by atoms with Crippen molar-refractivity contribution in [2.24, 2.45) is 5.92 Å². The number of sulfonamides is 1. The Kier molecular flexibility index (Phi) is 6.08. The van der Waals surface area contributed by atoms with Crippen LogP contribution in [0.3, 0.4) is 0 Å². The summed E-state index contributed by atoms with van der Waals surface area (Å²) < 4.78 is 30.5. The fraction of sp³-hybridized carbons (Fsp3) is 0.533. The number of rotatable bonds is 5. The molecule has 0 saturated carbocycles. The standard InChI is InChI=1S/C15H22ClN3O4S/c1-10-4-5-12(6-13(10)16)17-15(20)18-14-8-23-7-11(14)9-24(21,22)19(2)3/h4-6,11,14H,7-9H2,1-3H3,(H2,17,18,20)/t11-,14-/m0/s1. The number of urea groups is 1. The summed E-state index contributed by atoms with van der Waals surface area (Å²) >= 11 is 6.03. The van der Waals surface area contributed by atoms with Gasteiger partial charge in [0.15, 0.2) is 0 Å². The van der Waals surface area contributed by atoms with Gasteiger partial charge >= 0.3 is 6.03 Å². The Morgan fingerprint density at radius 2 is 2.08 bits per heavy atom. The molecule has 0 bridgehead atoms. The zero-order valence-corrected chi connectivity index (χ0v) is 15.4. The Labute approximate surface area is 147 Å². The van der Waals surface area contributed by atoms with Gasteiger partial charge in [-0.05, 0) is 24.6 Å². The summed E-state index contributed by atoms with van der Waals surface area (Å²) in [5.74, 6) is -0.355. The molecule has 2 rings (SSSR count). The molecule has 2 amide bonds. The molecule has 7 nitrogen and oxygen atoms in total. The van der Waals surface area contributed by atoms with Gasteiger partial charge in [0.05, 0.1) is 25.0 Å². The zero-order chi connectivity index (χ0) is 17.9. The highest BCUT2D eigenvalue weighted by atomic mass is 35.5. The van der Waals surface area contributed by atoms with E-state index >= 15 is 0 Å². The normalized spacial score (nSPS) is 21.0. The van der Waals surface area contributed by atoms with Crippen molar-refractivity contribution in [3.05, 3.63) is 28.8 Å². The first-order valence-electron chi connectivity index (χ1n) is 7.50. The highest BCUT2D eigenvalue weighted by Crippen LogP contribution is 2.21. The quantitative estimate of drug-likeness (QED) is 0.819. The SMILES string of the molecule is Cc1ccc(NC(=O)N[C@H]2COC[C@H]2CS(=O)(=O)N(C)C)cc1Cl. The Hall–Kier alpha value is -1.35. The van der Waals surface area contributed by atoms with Crippen LogP contribution in [0.2, 0.25) is 5.02 Å². The van der Waals surface area contributed by atoms with Crippen LogP contribution in [-0.2, 0) is 14.8 Å². The minimum absolute atomic E-state index is 0.0681. The Morgan fingerprint density at radius 1 is 1.38 bits per heavy atom. The average Bonchev–Trinajstić information content (AvgIpc) is 2.89. The predicted molar refractivity (Wildman–Crippen MR) is 93.9 cm³/mol. The molecular weight excluding hydrogens is 354 g/mol. The van der Waals surface area contributed by atoms with Gasteiger partial charge in [-0.3, -0.25) is 0 Å². The minimum atomic E-state index is -3.36. The van der Waals surface area contributed by atoms with Gasteiger partial charge in [0, 0.05) is 30.7 Å². The third-order valence-electron chi connectivity index (χ3n) is 3.93. The maximum atomic E-state index is 12.1. The lowest BCUT2D eigenvalue weighted by atomic mass is 10.1. The van der Waals surface area contributed by atoms with Gasteiger partial charge in [-0.25, -0.2) is 17.5 Å². The molecule has 134 valence electrons. The van der Waals surface area contributed by atoms with E-state index in [4.69, 9.17) is 16.3 Å². The van der Waals surface area contributed by atoms with Crippen LogP contribution < -0.4 is 10.6 Å². The first-order chi connectivity index (χ1) is 11.2. The van der Waals surface area contributed by atoms with E-state index in [0.29, 0.717) is 17.3 Å². The Morgan fingerprint density at radius 3 is 2.71 bits per heavy atom. The molecule has 24 heavy (non-hydrogen) atoms. The summed E-state index contributed by atoms with van der Waals surface area (Å²) in [6.07, 6.45) is 0. The van der Waals surface area contributed by atoms with E-state index in [1.807, 2.05) is 13.0 Å². The van der Waals surface area contributed by atoms with Crippen molar-refractivity contribution in [3.63, 3.8) is 0 Å². The second kappa shape index (κ2) is 7.69. The molecule has 0 spiro atoms. The third-order valence-corrected chi connectivity index (χ3v) is 6.29. The Bertz CT molecular complexity index is 709. The summed E-state index contributed by atoms with van der Waals surface area (Å²) in [7, 11) is -0.380. The molecule has 9 heteroatoms. The van der Waals surface area contributed by atoms with Crippen LogP contribution in [0.25, 0.3) is 0 Å². The van der Waals surface area contributed by atoms with E-state index in [2.05, 4.69) is 10.6 Å². The number of amides is 2. The van der Waals surface area contributed by atoms with Gasteiger partial charge in [-0.15, -0.1) is 0 Å². The van der Waals surface area contributed by atoms with E-state index in [9.17, 15) is 13.2 Å². The third kappa shape index (κ3) is 4.83. The largest absolute Gasteiger partial charge is 0.379 e. The molecule has 2 N–H and O–H groups in total. The number of hydrogen-bond donors (Lipinski definition) is 2. The fourth-order valence-corrected chi connectivity index (χ4v) is 3.70. The van der Waals surface area contributed by atoms with Crippen LogP contribution in [0, 0.1) is 12.8 Å². The van der Waals surface area contributed by atoms with Gasteiger partial charge in [-0.2, -0.15) is 0 Å². The molecule has 1 heterocycles. The molecule has 1 saturated heterocycles. The van der Waals surface area contributed by atoms with Gasteiger partial charge in [-0.1, -0.05) is 17.7 Å². The number of nitrogens with zero attached hydrogens (tertiary/aromatic N) is 1. The fourth-order valence-electron chi connectivity index (χ4n) is 2.35. The minimum Gasteiger partial charge on any atom is -0.379 e. The number of nitrogens with one attached hydrogen (secondary N) is 2. The zero-order valence-electron chi connectivity index (χ0n) is 13.9. The van der Waals surface area contributed by atoms with Crippen LogP contribution in [0.15, 0.2) is 18.2 Å².